The average molecular weight is 197 g/mol. The molecule has 0 saturated carbocycles. The van der Waals surface area contributed by atoms with Crippen LogP contribution in [0.2, 0.25) is 0 Å². The normalized spacial score (nSPS) is 10.6. The number of nitrogens with zero attached hydrogens (tertiary/aromatic N) is 2. The van der Waals surface area contributed by atoms with E-state index in [-0.39, 0.29) is 5.91 Å². The molecule has 0 aliphatic carbocycles. The van der Waals surface area contributed by atoms with Crippen molar-refractivity contribution < 1.29 is 9.32 Å². The Labute approximate surface area is 83.1 Å². The molecule has 0 aliphatic rings. The third-order valence-corrected chi connectivity index (χ3v) is 1.68. The van der Waals surface area contributed by atoms with Crippen LogP contribution in [0.5, 0.6) is 0 Å². The van der Waals surface area contributed by atoms with Crippen LogP contribution < -0.4 is 5.32 Å². The van der Waals surface area contributed by atoms with E-state index < -0.39 is 0 Å². The molecule has 1 N–H and O–H groups in total. The Morgan fingerprint density at radius 1 is 1.64 bits per heavy atom. The first-order valence-electron chi connectivity index (χ1n) is 4.46. The molecule has 0 aromatic carbocycles. The molecule has 0 spiro atoms. The standard InChI is InChI=1S/C9H15N3O2/c1-7-6-8(11-14-7)10-9(13)4-5-12(2)3/h6H,4-5H2,1-3H3,(H,10,11,13). The van der Waals surface area contributed by atoms with Crippen LogP contribution >= 0.6 is 0 Å². The van der Waals surface area contributed by atoms with Gasteiger partial charge in [-0.3, -0.25) is 4.79 Å². The van der Waals surface area contributed by atoms with Crippen molar-refractivity contribution in [1.29, 1.82) is 0 Å². The number of carbonyl (C=O) groups is 1. The molecule has 1 aromatic rings. The molecule has 0 unspecified atom stereocenters. The molecule has 0 radical (unpaired) electrons. The lowest BCUT2D eigenvalue weighted by Gasteiger charge is -2.07. The number of amides is 1. The molecule has 1 rings (SSSR count). The third-order valence-electron chi connectivity index (χ3n) is 1.68. The first kappa shape index (κ1) is 10.7. The van der Waals surface area contributed by atoms with Crippen molar-refractivity contribution >= 4 is 11.7 Å². The van der Waals surface area contributed by atoms with E-state index in [9.17, 15) is 4.79 Å². The van der Waals surface area contributed by atoms with Crippen LogP contribution in [-0.2, 0) is 4.79 Å². The van der Waals surface area contributed by atoms with E-state index in [0.717, 1.165) is 6.54 Å². The minimum absolute atomic E-state index is 0.0491. The van der Waals surface area contributed by atoms with Crippen molar-refractivity contribution in [1.82, 2.24) is 10.1 Å². The minimum atomic E-state index is -0.0491. The smallest absolute Gasteiger partial charge is 0.226 e. The summed E-state index contributed by atoms with van der Waals surface area (Å²) in [7, 11) is 3.85. The summed E-state index contributed by atoms with van der Waals surface area (Å²) < 4.78 is 4.82. The predicted octanol–water partition coefficient (Wildman–Crippen LogP) is 0.873. The Balaban J connectivity index is 2.34. The Hall–Kier alpha value is -1.36. The van der Waals surface area contributed by atoms with Crippen molar-refractivity contribution in [3.8, 4) is 0 Å². The molecule has 0 bridgehead atoms. The number of aromatic nitrogens is 1. The number of nitrogens with one attached hydrogen (secondary N) is 1. The molecular weight excluding hydrogens is 182 g/mol. The molecule has 0 atom stereocenters. The van der Waals surface area contributed by atoms with Crippen molar-refractivity contribution in [2.24, 2.45) is 0 Å². The van der Waals surface area contributed by atoms with Crippen LogP contribution in [0, 0.1) is 6.92 Å². The van der Waals surface area contributed by atoms with Gasteiger partial charge in [0, 0.05) is 19.0 Å². The van der Waals surface area contributed by atoms with E-state index in [1.54, 1.807) is 13.0 Å². The Kier molecular flexibility index (Phi) is 3.64. The van der Waals surface area contributed by atoms with Gasteiger partial charge in [-0.1, -0.05) is 5.16 Å². The van der Waals surface area contributed by atoms with Gasteiger partial charge in [-0.15, -0.1) is 0 Å². The highest BCUT2D eigenvalue weighted by molar-refractivity contribution is 5.89. The van der Waals surface area contributed by atoms with E-state index in [1.807, 2.05) is 19.0 Å². The topological polar surface area (TPSA) is 58.4 Å². The first-order chi connectivity index (χ1) is 6.58. The molecule has 1 aromatic heterocycles. The highest BCUT2D eigenvalue weighted by atomic mass is 16.5. The molecule has 14 heavy (non-hydrogen) atoms. The van der Waals surface area contributed by atoms with E-state index >= 15 is 0 Å². The summed E-state index contributed by atoms with van der Waals surface area (Å²) in [5.41, 5.74) is 0. The van der Waals surface area contributed by atoms with Crippen LogP contribution in [0.4, 0.5) is 5.82 Å². The van der Waals surface area contributed by atoms with E-state index in [4.69, 9.17) is 4.52 Å². The quantitative estimate of drug-likeness (QED) is 0.778. The molecule has 0 fully saturated rings. The van der Waals surface area contributed by atoms with Gasteiger partial charge < -0.3 is 14.7 Å². The summed E-state index contributed by atoms with van der Waals surface area (Å²) in [5, 5.41) is 6.31. The van der Waals surface area contributed by atoms with Crippen LogP contribution in [-0.4, -0.2) is 36.6 Å². The SMILES string of the molecule is Cc1cc(NC(=O)CCN(C)C)no1. The monoisotopic (exact) mass is 197 g/mol. The molecule has 78 valence electrons. The first-order valence-corrected chi connectivity index (χ1v) is 4.46. The summed E-state index contributed by atoms with van der Waals surface area (Å²) in [6.07, 6.45) is 0.457. The van der Waals surface area contributed by atoms with Crippen molar-refractivity contribution in [2.45, 2.75) is 13.3 Å². The number of hydrogen-bond donors (Lipinski definition) is 1. The fraction of sp³-hybridized carbons (Fsp3) is 0.556. The van der Waals surface area contributed by atoms with Crippen LogP contribution in [0.25, 0.3) is 0 Å². The van der Waals surface area contributed by atoms with Crippen molar-refractivity contribution in [3.63, 3.8) is 0 Å². The Morgan fingerprint density at radius 3 is 2.86 bits per heavy atom. The van der Waals surface area contributed by atoms with Crippen molar-refractivity contribution in [2.75, 3.05) is 26.0 Å². The Morgan fingerprint density at radius 2 is 2.36 bits per heavy atom. The van der Waals surface area contributed by atoms with Gasteiger partial charge in [-0.05, 0) is 21.0 Å². The lowest BCUT2D eigenvalue weighted by atomic mass is 10.4. The molecule has 0 saturated heterocycles. The number of anilines is 1. The highest BCUT2D eigenvalue weighted by Crippen LogP contribution is 2.06. The van der Waals surface area contributed by atoms with Gasteiger partial charge in [-0.2, -0.15) is 0 Å². The minimum Gasteiger partial charge on any atom is -0.360 e. The average Bonchev–Trinajstić information content (AvgIpc) is 2.48. The maximum atomic E-state index is 11.3. The second-order valence-corrected chi connectivity index (χ2v) is 3.42. The fourth-order valence-electron chi connectivity index (χ4n) is 0.956. The zero-order chi connectivity index (χ0) is 10.6. The van der Waals surface area contributed by atoms with Crippen LogP contribution in [0.3, 0.4) is 0 Å². The second kappa shape index (κ2) is 4.76. The summed E-state index contributed by atoms with van der Waals surface area (Å²) in [4.78, 5) is 13.3. The number of hydrogen-bond acceptors (Lipinski definition) is 4. The second-order valence-electron chi connectivity index (χ2n) is 3.42. The molecule has 5 heteroatoms. The summed E-state index contributed by atoms with van der Waals surface area (Å²) >= 11 is 0. The summed E-state index contributed by atoms with van der Waals surface area (Å²) in [6, 6.07) is 1.69. The summed E-state index contributed by atoms with van der Waals surface area (Å²) in [6.45, 7) is 2.51. The number of carbonyl (C=O) groups excluding carboxylic acids is 1. The highest BCUT2D eigenvalue weighted by Gasteiger charge is 2.05. The predicted molar refractivity (Wildman–Crippen MR) is 53.0 cm³/mol. The molecule has 1 amide bonds. The zero-order valence-corrected chi connectivity index (χ0v) is 8.70. The molecule has 1 heterocycles. The van der Waals surface area contributed by atoms with Crippen molar-refractivity contribution in [3.05, 3.63) is 11.8 Å². The van der Waals surface area contributed by atoms with Gasteiger partial charge in [0.05, 0.1) is 0 Å². The Bertz CT molecular complexity index is 307. The fourth-order valence-corrected chi connectivity index (χ4v) is 0.956. The molecular formula is C9H15N3O2. The van der Waals surface area contributed by atoms with Gasteiger partial charge in [0.25, 0.3) is 0 Å². The number of aryl methyl sites for hydroxylation is 1. The number of rotatable bonds is 4. The lowest BCUT2D eigenvalue weighted by Crippen LogP contribution is -2.20. The van der Waals surface area contributed by atoms with E-state index in [1.165, 1.54) is 0 Å². The van der Waals surface area contributed by atoms with Crippen LogP contribution in [0.1, 0.15) is 12.2 Å². The van der Waals surface area contributed by atoms with E-state index in [0.29, 0.717) is 18.0 Å². The van der Waals surface area contributed by atoms with Gasteiger partial charge in [0.1, 0.15) is 5.76 Å². The largest absolute Gasteiger partial charge is 0.360 e. The maximum absolute atomic E-state index is 11.3. The van der Waals surface area contributed by atoms with Gasteiger partial charge in [0.15, 0.2) is 5.82 Å². The lowest BCUT2D eigenvalue weighted by molar-refractivity contribution is -0.116. The van der Waals surface area contributed by atoms with Gasteiger partial charge in [0.2, 0.25) is 5.91 Å². The summed E-state index contributed by atoms with van der Waals surface area (Å²) in [5.74, 6) is 1.12. The van der Waals surface area contributed by atoms with Crippen LogP contribution in [0.15, 0.2) is 10.6 Å². The molecule has 0 aliphatic heterocycles. The third kappa shape index (κ3) is 3.57. The van der Waals surface area contributed by atoms with Gasteiger partial charge in [-0.25, -0.2) is 0 Å². The zero-order valence-electron chi connectivity index (χ0n) is 8.70. The maximum Gasteiger partial charge on any atom is 0.226 e. The van der Waals surface area contributed by atoms with E-state index in [2.05, 4.69) is 10.5 Å². The van der Waals surface area contributed by atoms with Gasteiger partial charge >= 0.3 is 0 Å². The molecule has 5 nitrogen and oxygen atoms in total.